The average molecular weight is 210 g/mol. The molecule has 0 saturated heterocycles. The van der Waals surface area contributed by atoms with Crippen LogP contribution in [0.2, 0.25) is 0 Å². The molecule has 0 spiro atoms. The minimum atomic E-state index is -0.154. The van der Waals surface area contributed by atoms with E-state index in [9.17, 15) is 4.79 Å². The number of hydrogen-bond acceptors (Lipinski definition) is 2. The Labute approximate surface area is 69.2 Å². The van der Waals surface area contributed by atoms with Crippen LogP contribution in [0.4, 0.5) is 0 Å². The largest absolute Gasteiger partial charge is 0.274 e. The summed E-state index contributed by atoms with van der Waals surface area (Å²) in [5.41, 5.74) is 2.25. The van der Waals surface area contributed by atoms with Gasteiger partial charge in [-0.1, -0.05) is 15.9 Å². The van der Waals surface area contributed by atoms with Crippen molar-refractivity contribution in [3.05, 3.63) is 0 Å². The second kappa shape index (κ2) is 7.02. The molecular weight excluding hydrogens is 198 g/mol. The highest BCUT2D eigenvalue weighted by molar-refractivity contribution is 9.09. The first-order valence-corrected chi connectivity index (χ1v) is 4.34. The normalized spacial score (nSPS) is 9.40. The SMILES string of the molecule is CC(=O)NOCCCCBr. The highest BCUT2D eigenvalue weighted by Crippen LogP contribution is 1.92. The van der Waals surface area contributed by atoms with Crippen LogP contribution in [-0.2, 0) is 9.63 Å². The summed E-state index contributed by atoms with van der Waals surface area (Å²) in [6.07, 6.45) is 2.03. The van der Waals surface area contributed by atoms with E-state index in [-0.39, 0.29) is 5.91 Å². The molecule has 0 radical (unpaired) electrons. The zero-order valence-electron chi connectivity index (χ0n) is 6.02. The molecule has 0 rings (SSSR count). The van der Waals surface area contributed by atoms with Gasteiger partial charge in [0.25, 0.3) is 0 Å². The number of nitrogens with one attached hydrogen (secondary N) is 1. The lowest BCUT2D eigenvalue weighted by Crippen LogP contribution is -2.20. The second-order valence-corrected chi connectivity index (χ2v) is 2.70. The third-order valence-electron chi connectivity index (χ3n) is 0.846. The van der Waals surface area contributed by atoms with Crippen LogP contribution in [0.3, 0.4) is 0 Å². The number of alkyl halides is 1. The number of hydroxylamine groups is 1. The first-order chi connectivity index (χ1) is 4.77. The van der Waals surface area contributed by atoms with E-state index >= 15 is 0 Å². The van der Waals surface area contributed by atoms with Crippen LogP contribution in [-0.4, -0.2) is 17.8 Å². The monoisotopic (exact) mass is 209 g/mol. The summed E-state index contributed by atoms with van der Waals surface area (Å²) in [6.45, 7) is 2.01. The van der Waals surface area contributed by atoms with Crippen LogP contribution in [0, 0.1) is 0 Å². The third kappa shape index (κ3) is 7.91. The quantitative estimate of drug-likeness (QED) is 0.421. The van der Waals surface area contributed by atoms with Gasteiger partial charge >= 0.3 is 0 Å². The molecule has 0 bridgehead atoms. The van der Waals surface area contributed by atoms with Crippen molar-refractivity contribution in [3.8, 4) is 0 Å². The third-order valence-corrected chi connectivity index (χ3v) is 1.41. The van der Waals surface area contributed by atoms with Crippen LogP contribution in [0.25, 0.3) is 0 Å². The zero-order valence-corrected chi connectivity index (χ0v) is 7.61. The van der Waals surface area contributed by atoms with Gasteiger partial charge in [0.1, 0.15) is 0 Å². The highest BCUT2D eigenvalue weighted by Gasteiger charge is 1.89. The fourth-order valence-corrected chi connectivity index (χ4v) is 0.818. The first kappa shape index (κ1) is 9.91. The Kier molecular flexibility index (Phi) is 6.96. The van der Waals surface area contributed by atoms with Gasteiger partial charge in [-0.2, -0.15) is 0 Å². The summed E-state index contributed by atoms with van der Waals surface area (Å²) in [6, 6.07) is 0. The first-order valence-electron chi connectivity index (χ1n) is 3.21. The fraction of sp³-hybridized carbons (Fsp3) is 0.833. The van der Waals surface area contributed by atoms with Crippen LogP contribution >= 0.6 is 15.9 Å². The molecule has 0 heterocycles. The second-order valence-electron chi connectivity index (χ2n) is 1.90. The van der Waals surface area contributed by atoms with E-state index in [1.165, 1.54) is 6.92 Å². The maximum absolute atomic E-state index is 10.2. The molecular formula is C6H12BrNO2. The lowest BCUT2D eigenvalue weighted by atomic mass is 10.4. The summed E-state index contributed by atoms with van der Waals surface area (Å²) < 4.78 is 0. The van der Waals surface area contributed by atoms with Gasteiger partial charge in [0, 0.05) is 12.3 Å². The number of carbonyl (C=O) groups excluding carboxylic acids is 1. The Morgan fingerprint density at radius 2 is 2.30 bits per heavy atom. The van der Waals surface area contributed by atoms with Crippen molar-refractivity contribution in [3.63, 3.8) is 0 Å². The number of halogens is 1. The smallest absolute Gasteiger partial charge is 0.240 e. The molecule has 0 atom stereocenters. The van der Waals surface area contributed by atoms with Gasteiger partial charge in [-0.25, -0.2) is 5.48 Å². The summed E-state index contributed by atoms with van der Waals surface area (Å²) in [5.74, 6) is -0.154. The zero-order chi connectivity index (χ0) is 7.82. The van der Waals surface area contributed by atoms with Crippen LogP contribution < -0.4 is 5.48 Å². The molecule has 0 aliphatic carbocycles. The van der Waals surface area contributed by atoms with E-state index in [0.29, 0.717) is 6.61 Å². The number of rotatable bonds is 5. The van der Waals surface area contributed by atoms with Gasteiger partial charge in [0.15, 0.2) is 0 Å². The van der Waals surface area contributed by atoms with Crippen molar-refractivity contribution < 1.29 is 9.63 Å². The maximum atomic E-state index is 10.2. The maximum Gasteiger partial charge on any atom is 0.240 e. The Bertz CT molecular complexity index is 97.7. The van der Waals surface area contributed by atoms with E-state index in [1.54, 1.807) is 0 Å². The van der Waals surface area contributed by atoms with Crippen molar-refractivity contribution >= 4 is 21.8 Å². The van der Waals surface area contributed by atoms with Crippen LogP contribution in [0.1, 0.15) is 19.8 Å². The van der Waals surface area contributed by atoms with E-state index in [2.05, 4.69) is 21.4 Å². The molecule has 4 heteroatoms. The molecule has 0 unspecified atom stereocenters. The Morgan fingerprint density at radius 3 is 2.80 bits per heavy atom. The van der Waals surface area contributed by atoms with Crippen LogP contribution in [0.15, 0.2) is 0 Å². The summed E-state index contributed by atoms with van der Waals surface area (Å²) in [5, 5.41) is 0.983. The molecule has 1 amide bonds. The minimum absolute atomic E-state index is 0.154. The van der Waals surface area contributed by atoms with E-state index in [0.717, 1.165) is 18.2 Å². The predicted molar refractivity (Wildman–Crippen MR) is 42.8 cm³/mol. The Balaban J connectivity index is 2.84. The van der Waals surface area contributed by atoms with Crippen molar-refractivity contribution in [1.29, 1.82) is 0 Å². The molecule has 10 heavy (non-hydrogen) atoms. The minimum Gasteiger partial charge on any atom is -0.274 e. The molecule has 0 aromatic carbocycles. The van der Waals surface area contributed by atoms with Crippen molar-refractivity contribution in [2.75, 3.05) is 11.9 Å². The van der Waals surface area contributed by atoms with Gasteiger partial charge in [0.05, 0.1) is 6.61 Å². The molecule has 0 fully saturated rings. The lowest BCUT2D eigenvalue weighted by molar-refractivity contribution is -0.131. The fourth-order valence-electron chi connectivity index (χ4n) is 0.421. The molecule has 3 nitrogen and oxygen atoms in total. The standard InChI is InChI=1S/C6H12BrNO2/c1-6(9)8-10-5-3-2-4-7/h2-5H2,1H3,(H,8,9). The van der Waals surface area contributed by atoms with Crippen molar-refractivity contribution in [2.45, 2.75) is 19.8 Å². The van der Waals surface area contributed by atoms with Crippen molar-refractivity contribution in [2.24, 2.45) is 0 Å². The van der Waals surface area contributed by atoms with Gasteiger partial charge in [0.2, 0.25) is 5.91 Å². The number of carbonyl (C=O) groups is 1. The Morgan fingerprint density at radius 1 is 1.60 bits per heavy atom. The number of hydrogen-bond donors (Lipinski definition) is 1. The van der Waals surface area contributed by atoms with E-state index in [1.807, 2.05) is 0 Å². The molecule has 0 aromatic heterocycles. The van der Waals surface area contributed by atoms with Gasteiger partial charge in [-0.15, -0.1) is 0 Å². The topological polar surface area (TPSA) is 38.3 Å². The van der Waals surface area contributed by atoms with Gasteiger partial charge < -0.3 is 0 Å². The van der Waals surface area contributed by atoms with Crippen LogP contribution in [0.5, 0.6) is 0 Å². The molecule has 0 aliphatic heterocycles. The summed E-state index contributed by atoms with van der Waals surface area (Å²) >= 11 is 3.29. The average Bonchev–Trinajstić information content (AvgIpc) is 1.87. The molecule has 0 aromatic rings. The number of unbranched alkanes of at least 4 members (excludes halogenated alkanes) is 1. The molecule has 60 valence electrons. The van der Waals surface area contributed by atoms with Gasteiger partial charge in [-0.3, -0.25) is 9.63 Å². The van der Waals surface area contributed by atoms with E-state index < -0.39 is 0 Å². The summed E-state index contributed by atoms with van der Waals surface area (Å²) in [4.78, 5) is 15.0. The molecule has 0 aliphatic rings. The van der Waals surface area contributed by atoms with Gasteiger partial charge in [-0.05, 0) is 12.8 Å². The lowest BCUT2D eigenvalue weighted by Gasteiger charge is -2.00. The molecule has 1 N–H and O–H groups in total. The highest BCUT2D eigenvalue weighted by atomic mass is 79.9. The summed E-state index contributed by atoms with van der Waals surface area (Å²) in [7, 11) is 0. The molecule has 0 saturated carbocycles. The van der Waals surface area contributed by atoms with E-state index in [4.69, 9.17) is 4.84 Å². The number of amides is 1. The predicted octanol–water partition coefficient (Wildman–Crippen LogP) is 1.23. The Hall–Kier alpha value is -0.0900. The van der Waals surface area contributed by atoms with Crippen molar-refractivity contribution in [1.82, 2.24) is 5.48 Å².